The summed E-state index contributed by atoms with van der Waals surface area (Å²) in [6, 6.07) is 7.29. The average molecular weight is 284 g/mol. The van der Waals surface area contributed by atoms with Crippen molar-refractivity contribution in [1.82, 2.24) is 15.3 Å². The molecule has 2 heterocycles. The number of carbonyl (C=O) groups excluding carboxylic acids is 1. The van der Waals surface area contributed by atoms with Crippen LogP contribution in [0.25, 0.3) is 0 Å². The molecule has 1 unspecified atom stereocenters. The van der Waals surface area contributed by atoms with E-state index in [2.05, 4.69) is 20.6 Å². The van der Waals surface area contributed by atoms with E-state index in [1.165, 1.54) is 0 Å². The van der Waals surface area contributed by atoms with Crippen LogP contribution in [0.1, 0.15) is 41.5 Å². The molecule has 0 aliphatic rings. The molecule has 1 amide bonds. The van der Waals surface area contributed by atoms with Gasteiger partial charge >= 0.3 is 0 Å². The van der Waals surface area contributed by atoms with Gasteiger partial charge < -0.3 is 10.6 Å². The van der Waals surface area contributed by atoms with Gasteiger partial charge in [0.1, 0.15) is 5.82 Å². The Balaban J connectivity index is 2.16. The van der Waals surface area contributed by atoms with Gasteiger partial charge in [0.15, 0.2) is 0 Å². The van der Waals surface area contributed by atoms with Gasteiger partial charge in [-0.3, -0.25) is 9.78 Å². The molecular weight excluding hydrogens is 264 g/mol. The number of hydrogen-bond acceptors (Lipinski definition) is 4. The highest BCUT2D eigenvalue weighted by Gasteiger charge is 2.13. The molecule has 0 saturated carbocycles. The topological polar surface area (TPSA) is 66.9 Å². The number of rotatable bonds is 5. The Kier molecular flexibility index (Phi) is 4.87. The zero-order valence-electron chi connectivity index (χ0n) is 12.6. The first-order valence-corrected chi connectivity index (χ1v) is 7.03. The fourth-order valence-corrected chi connectivity index (χ4v) is 2.02. The summed E-state index contributed by atoms with van der Waals surface area (Å²) >= 11 is 0. The fourth-order valence-electron chi connectivity index (χ4n) is 2.02. The third kappa shape index (κ3) is 3.78. The summed E-state index contributed by atoms with van der Waals surface area (Å²) in [5.74, 6) is 0.591. The first-order chi connectivity index (χ1) is 10.1. The maximum absolute atomic E-state index is 12.4. The first kappa shape index (κ1) is 15.0. The molecule has 5 heteroatoms. The summed E-state index contributed by atoms with van der Waals surface area (Å²) in [6.07, 6.45) is 4.26. The van der Waals surface area contributed by atoms with Gasteiger partial charge in [-0.2, -0.15) is 0 Å². The average Bonchev–Trinajstić information content (AvgIpc) is 2.54. The fraction of sp³-hybridized carbons (Fsp3) is 0.312. The quantitative estimate of drug-likeness (QED) is 0.885. The van der Waals surface area contributed by atoms with Crippen LogP contribution in [0.5, 0.6) is 0 Å². The predicted octanol–water partition coefficient (Wildman–Crippen LogP) is 2.57. The molecule has 0 bridgehead atoms. The summed E-state index contributed by atoms with van der Waals surface area (Å²) in [6.45, 7) is 3.96. The standard InChI is InChI=1S/C16H20N4O/c1-4-14-8-13(9-15(17-3)20-14)16(21)19-11(2)12-6-5-7-18-10-12/h5-11H,4H2,1-3H3,(H,17,20)(H,19,21). The lowest BCUT2D eigenvalue weighted by atomic mass is 10.1. The van der Waals surface area contributed by atoms with Gasteiger partial charge in [0, 0.05) is 30.7 Å². The molecule has 0 aliphatic carbocycles. The second-order valence-electron chi connectivity index (χ2n) is 4.82. The number of nitrogens with zero attached hydrogens (tertiary/aromatic N) is 2. The number of pyridine rings is 2. The predicted molar refractivity (Wildman–Crippen MR) is 83.3 cm³/mol. The van der Waals surface area contributed by atoms with E-state index in [0.29, 0.717) is 11.4 Å². The zero-order valence-corrected chi connectivity index (χ0v) is 12.6. The number of aryl methyl sites for hydroxylation is 1. The lowest BCUT2D eigenvalue weighted by Crippen LogP contribution is -2.27. The molecule has 0 saturated heterocycles. The van der Waals surface area contributed by atoms with E-state index in [1.54, 1.807) is 25.5 Å². The van der Waals surface area contributed by atoms with Crippen LogP contribution in [0.2, 0.25) is 0 Å². The third-order valence-corrected chi connectivity index (χ3v) is 3.29. The van der Waals surface area contributed by atoms with Crippen molar-refractivity contribution in [1.29, 1.82) is 0 Å². The Hall–Kier alpha value is -2.43. The minimum Gasteiger partial charge on any atom is -0.373 e. The van der Waals surface area contributed by atoms with Crippen LogP contribution in [0.15, 0.2) is 36.7 Å². The molecule has 0 radical (unpaired) electrons. The van der Waals surface area contributed by atoms with Crippen LogP contribution in [0.4, 0.5) is 5.82 Å². The molecule has 2 aromatic heterocycles. The van der Waals surface area contributed by atoms with Crippen molar-refractivity contribution in [3.05, 3.63) is 53.5 Å². The van der Waals surface area contributed by atoms with E-state index in [0.717, 1.165) is 17.7 Å². The maximum atomic E-state index is 12.4. The monoisotopic (exact) mass is 284 g/mol. The van der Waals surface area contributed by atoms with Gasteiger partial charge in [-0.25, -0.2) is 4.98 Å². The van der Waals surface area contributed by atoms with Gasteiger partial charge in [0.05, 0.1) is 6.04 Å². The van der Waals surface area contributed by atoms with Crippen molar-refractivity contribution in [2.45, 2.75) is 26.3 Å². The number of aromatic nitrogens is 2. The van der Waals surface area contributed by atoms with Crippen LogP contribution in [-0.4, -0.2) is 22.9 Å². The Labute approximate surface area is 124 Å². The van der Waals surface area contributed by atoms with Gasteiger partial charge in [-0.15, -0.1) is 0 Å². The van der Waals surface area contributed by atoms with Crippen LogP contribution in [0.3, 0.4) is 0 Å². The first-order valence-electron chi connectivity index (χ1n) is 7.03. The van der Waals surface area contributed by atoms with Crippen molar-refractivity contribution in [3.63, 3.8) is 0 Å². The Morgan fingerprint density at radius 1 is 1.38 bits per heavy atom. The van der Waals surface area contributed by atoms with E-state index in [-0.39, 0.29) is 11.9 Å². The zero-order chi connectivity index (χ0) is 15.2. The minimum atomic E-state index is -0.111. The van der Waals surface area contributed by atoms with Gasteiger partial charge in [-0.05, 0) is 37.1 Å². The molecule has 5 nitrogen and oxygen atoms in total. The highest BCUT2D eigenvalue weighted by Crippen LogP contribution is 2.14. The Bertz CT molecular complexity index is 591. The molecule has 0 fully saturated rings. The molecule has 2 aromatic rings. The molecule has 2 rings (SSSR count). The Morgan fingerprint density at radius 3 is 2.81 bits per heavy atom. The minimum absolute atomic E-state index is 0.0949. The molecule has 1 atom stereocenters. The van der Waals surface area contributed by atoms with Crippen molar-refractivity contribution in [3.8, 4) is 0 Å². The van der Waals surface area contributed by atoms with Gasteiger partial charge in [-0.1, -0.05) is 13.0 Å². The van der Waals surface area contributed by atoms with E-state index >= 15 is 0 Å². The van der Waals surface area contributed by atoms with E-state index in [9.17, 15) is 4.79 Å². The van der Waals surface area contributed by atoms with Crippen molar-refractivity contribution in [2.75, 3.05) is 12.4 Å². The lowest BCUT2D eigenvalue weighted by Gasteiger charge is -2.14. The van der Waals surface area contributed by atoms with Crippen LogP contribution >= 0.6 is 0 Å². The molecule has 21 heavy (non-hydrogen) atoms. The van der Waals surface area contributed by atoms with Gasteiger partial charge in [0.25, 0.3) is 5.91 Å². The van der Waals surface area contributed by atoms with Crippen molar-refractivity contribution in [2.24, 2.45) is 0 Å². The second kappa shape index (κ2) is 6.83. The van der Waals surface area contributed by atoms with E-state index in [1.807, 2.05) is 32.0 Å². The summed E-state index contributed by atoms with van der Waals surface area (Å²) in [5, 5.41) is 5.96. The maximum Gasteiger partial charge on any atom is 0.251 e. The molecular formula is C16H20N4O. The lowest BCUT2D eigenvalue weighted by molar-refractivity contribution is 0.0939. The number of anilines is 1. The number of carbonyl (C=O) groups is 1. The normalized spacial score (nSPS) is 11.8. The smallest absolute Gasteiger partial charge is 0.251 e. The van der Waals surface area contributed by atoms with Gasteiger partial charge in [0.2, 0.25) is 0 Å². The largest absolute Gasteiger partial charge is 0.373 e. The summed E-state index contributed by atoms with van der Waals surface area (Å²) in [4.78, 5) is 20.8. The van der Waals surface area contributed by atoms with Crippen LogP contribution < -0.4 is 10.6 Å². The van der Waals surface area contributed by atoms with Crippen LogP contribution in [0, 0.1) is 0 Å². The molecule has 0 aliphatic heterocycles. The number of hydrogen-bond donors (Lipinski definition) is 2. The van der Waals surface area contributed by atoms with Crippen LogP contribution in [-0.2, 0) is 6.42 Å². The highest BCUT2D eigenvalue weighted by molar-refractivity contribution is 5.95. The molecule has 0 aromatic carbocycles. The highest BCUT2D eigenvalue weighted by atomic mass is 16.1. The van der Waals surface area contributed by atoms with Crippen molar-refractivity contribution < 1.29 is 4.79 Å². The Morgan fingerprint density at radius 2 is 2.19 bits per heavy atom. The summed E-state index contributed by atoms with van der Waals surface area (Å²) in [7, 11) is 1.79. The summed E-state index contributed by atoms with van der Waals surface area (Å²) < 4.78 is 0. The third-order valence-electron chi connectivity index (χ3n) is 3.29. The van der Waals surface area contributed by atoms with E-state index < -0.39 is 0 Å². The number of amides is 1. The van der Waals surface area contributed by atoms with Crippen molar-refractivity contribution >= 4 is 11.7 Å². The SMILES string of the molecule is CCc1cc(C(=O)NC(C)c2cccnc2)cc(NC)n1. The van der Waals surface area contributed by atoms with E-state index in [4.69, 9.17) is 0 Å². The second-order valence-corrected chi connectivity index (χ2v) is 4.82. The molecule has 110 valence electrons. The number of nitrogens with one attached hydrogen (secondary N) is 2. The summed E-state index contributed by atoms with van der Waals surface area (Å²) in [5.41, 5.74) is 2.48. The molecule has 0 spiro atoms. The molecule has 2 N–H and O–H groups in total.